The first-order chi connectivity index (χ1) is 13.8. The molecule has 0 fully saturated rings. The molecule has 0 saturated heterocycles. The third-order valence-electron chi connectivity index (χ3n) is 4.11. The molecule has 0 aliphatic heterocycles. The van der Waals surface area contributed by atoms with Crippen molar-refractivity contribution >= 4 is 27.8 Å². The number of carbonyl (C=O) groups excluding carboxylic acids is 1. The highest BCUT2D eigenvalue weighted by atomic mass is 31.2. The molecule has 2 N–H and O–H groups in total. The molecule has 3 aromatic rings. The van der Waals surface area contributed by atoms with Crippen LogP contribution in [0.15, 0.2) is 53.7 Å². The molecule has 3 atom stereocenters. The molecule has 1 aromatic carbocycles. The van der Waals surface area contributed by atoms with Crippen molar-refractivity contribution in [2.45, 2.75) is 12.7 Å². The molecule has 0 spiro atoms. The molecule has 29 heavy (non-hydrogen) atoms. The molecular weight excluding hydrogens is 412 g/mol. The minimum atomic E-state index is -2.94. The van der Waals surface area contributed by atoms with Gasteiger partial charge in [0.2, 0.25) is 13.3 Å². The van der Waals surface area contributed by atoms with Gasteiger partial charge in [-0.3, -0.25) is 19.1 Å². The number of hydrogen-bond acceptors (Lipinski definition) is 6. The van der Waals surface area contributed by atoms with E-state index in [2.05, 4.69) is 29.6 Å². The van der Waals surface area contributed by atoms with Crippen LogP contribution in [0.5, 0.6) is 0 Å². The second-order valence-electron chi connectivity index (χ2n) is 6.21. The first-order valence-electron chi connectivity index (χ1n) is 8.80. The van der Waals surface area contributed by atoms with Gasteiger partial charge in [-0.05, 0) is 30.7 Å². The average molecular weight is 433 g/mol. The van der Waals surface area contributed by atoms with Gasteiger partial charge in [0.15, 0.2) is 0 Å². The van der Waals surface area contributed by atoms with Crippen LogP contribution in [-0.2, 0) is 9.09 Å². The topological polar surface area (TPSA) is 119 Å². The predicted octanol–water partition coefficient (Wildman–Crippen LogP) is 1.83. The van der Waals surface area contributed by atoms with Gasteiger partial charge in [0.05, 0.1) is 12.4 Å². The summed E-state index contributed by atoms with van der Waals surface area (Å²) in [6.07, 6.45) is 4.38. The van der Waals surface area contributed by atoms with Crippen LogP contribution in [0.3, 0.4) is 0 Å². The van der Waals surface area contributed by atoms with Crippen LogP contribution in [0.1, 0.15) is 28.6 Å². The molecule has 0 aliphatic carbocycles. The van der Waals surface area contributed by atoms with E-state index >= 15 is 0 Å². The monoisotopic (exact) mass is 433 g/mol. The molecule has 2 heterocycles. The number of nitrogens with one attached hydrogen (secondary N) is 2. The Bertz CT molecular complexity index is 1110. The van der Waals surface area contributed by atoms with Crippen molar-refractivity contribution in [1.29, 1.82) is 0 Å². The molecule has 9 nitrogen and oxygen atoms in total. The number of aromatic amines is 1. The summed E-state index contributed by atoms with van der Waals surface area (Å²) in [7, 11) is -0.445. The SMILES string of the molecule is CCOP(C)(=O)c1cccc([C@@H](P)NC(=O)c2cnc(-n3cccn3)[nH]c2=O)c1. The van der Waals surface area contributed by atoms with E-state index in [0.717, 1.165) is 0 Å². The maximum Gasteiger partial charge on any atom is 0.265 e. The summed E-state index contributed by atoms with van der Waals surface area (Å²) in [5, 5.41) is 7.26. The van der Waals surface area contributed by atoms with E-state index < -0.39 is 24.6 Å². The number of H-pyrrole nitrogens is 1. The van der Waals surface area contributed by atoms with Crippen LogP contribution in [0, 0.1) is 0 Å². The summed E-state index contributed by atoms with van der Waals surface area (Å²) in [5.41, 5.74) is 0.00326. The molecule has 3 rings (SSSR count). The largest absolute Gasteiger partial charge is 0.342 e. The van der Waals surface area contributed by atoms with Crippen molar-refractivity contribution in [2.75, 3.05) is 13.3 Å². The lowest BCUT2D eigenvalue weighted by molar-refractivity contribution is 0.0947. The highest BCUT2D eigenvalue weighted by Crippen LogP contribution is 2.41. The fourth-order valence-corrected chi connectivity index (χ4v) is 4.39. The lowest BCUT2D eigenvalue weighted by Gasteiger charge is -2.17. The van der Waals surface area contributed by atoms with Gasteiger partial charge in [0, 0.05) is 30.6 Å². The number of benzene rings is 1. The third kappa shape index (κ3) is 4.88. The van der Waals surface area contributed by atoms with Crippen LogP contribution in [-0.4, -0.2) is 38.9 Å². The second-order valence-corrected chi connectivity index (χ2v) is 9.34. The molecule has 0 bridgehead atoms. The average Bonchev–Trinajstić information content (AvgIpc) is 3.22. The van der Waals surface area contributed by atoms with Gasteiger partial charge < -0.3 is 9.84 Å². The van der Waals surface area contributed by atoms with E-state index in [1.54, 1.807) is 56.3 Å². The highest BCUT2D eigenvalue weighted by molar-refractivity contribution is 7.66. The Morgan fingerprint density at radius 1 is 1.41 bits per heavy atom. The third-order valence-corrected chi connectivity index (χ3v) is 6.63. The van der Waals surface area contributed by atoms with Crippen LogP contribution < -0.4 is 16.2 Å². The fraction of sp³-hybridized carbons (Fsp3) is 0.222. The Hall–Kier alpha value is -2.60. The van der Waals surface area contributed by atoms with E-state index in [0.29, 0.717) is 17.5 Å². The van der Waals surface area contributed by atoms with Crippen LogP contribution >= 0.6 is 16.6 Å². The summed E-state index contributed by atoms with van der Waals surface area (Å²) in [5.74, 6) is -0.878. The van der Waals surface area contributed by atoms with Gasteiger partial charge in [0.1, 0.15) is 5.56 Å². The molecular formula is C18H21N5O4P2. The molecule has 0 radical (unpaired) electrons. The Labute approximate surface area is 169 Å². The van der Waals surface area contributed by atoms with Gasteiger partial charge in [-0.1, -0.05) is 12.1 Å². The number of rotatable bonds is 7. The zero-order valence-corrected chi connectivity index (χ0v) is 18.0. The zero-order valence-electron chi connectivity index (χ0n) is 15.9. The van der Waals surface area contributed by atoms with Gasteiger partial charge >= 0.3 is 0 Å². The van der Waals surface area contributed by atoms with Crippen molar-refractivity contribution in [2.24, 2.45) is 0 Å². The summed E-state index contributed by atoms with van der Waals surface area (Å²) >= 11 is 0. The molecule has 2 unspecified atom stereocenters. The molecule has 11 heteroatoms. The Balaban J connectivity index is 1.77. The van der Waals surface area contributed by atoms with Gasteiger partial charge in [-0.15, -0.1) is 9.24 Å². The van der Waals surface area contributed by atoms with E-state index in [1.165, 1.54) is 10.9 Å². The van der Waals surface area contributed by atoms with Crippen LogP contribution in [0.2, 0.25) is 0 Å². The number of hydrogen-bond donors (Lipinski definition) is 2. The van der Waals surface area contributed by atoms with Crippen molar-refractivity contribution in [3.63, 3.8) is 0 Å². The molecule has 0 saturated carbocycles. The van der Waals surface area contributed by atoms with Gasteiger partial charge in [-0.25, -0.2) is 9.67 Å². The standard InChI is InChI=1S/C18H21N5O4P2/c1-3-27-29(2,26)13-7-4-6-12(10-13)17(28)21-15(24)14-11-19-18(22-16(14)25)23-9-5-8-20-23/h4-11,17H,3,28H2,1-2H3,(H,21,24)(H,19,22,25)/t17-,29?/m1/s1. The van der Waals surface area contributed by atoms with Crippen molar-refractivity contribution in [3.8, 4) is 5.95 Å². The molecule has 152 valence electrons. The van der Waals surface area contributed by atoms with Gasteiger partial charge in [-0.2, -0.15) is 5.10 Å². The fourth-order valence-electron chi connectivity index (χ4n) is 2.65. The summed E-state index contributed by atoms with van der Waals surface area (Å²) in [4.78, 5) is 31.4. The van der Waals surface area contributed by atoms with E-state index in [9.17, 15) is 14.2 Å². The number of amides is 1. The maximum absolute atomic E-state index is 12.6. The summed E-state index contributed by atoms with van der Waals surface area (Å²) in [6, 6.07) is 8.67. The number of nitrogens with zero attached hydrogens (tertiary/aromatic N) is 3. The van der Waals surface area contributed by atoms with Gasteiger partial charge in [0.25, 0.3) is 11.5 Å². The van der Waals surface area contributed by atoms with E-state index in [-0.39, 0.29) is 11.5 Å². The quantitative estimate of drug-likeness (QED) is 0.549. The number of carbonyl (C=O) groups is 1. The highest BCUT2D eigenvalue weighted by Gasteiger charge is 2.21. The molecule has 0 aliphatic rings. The normalized spacial score (nSPS) is 14.2. The second kappa shape index (κ2) is 8.82. The van der Waals surface area contributed by atoms with Crippen molar-refractivity contribution in [3.05, 3.63) is 70.4 Å². The minimum Gasteiger partial charge on any atom is -0.342 e. The van der Waals surface area contributed by atoms with Crippen LogP contribution in [0.4, 0.5) is 0 Å². The maximum atomic E-state index is 12.6. The summed E-state index contributed by atoms with van der Waals surface area (Å²) < 4.78 is 19.4. The Morgan fingerprint density at radius 2 is 2.21 bits per heavy atom. The minimum absolute atomic E-state index is 0.125. The van der Waals surface area contributed by atoms with Crippen molar-refractivity contribution < 1.29 is 13.9 Å². The zero-order chi connectivity index (χ0) is 21.0. The lowest BCUT2D eigenvalue weighted by Crippen LogP contribution is -2.31. The van der Waals surface area contributed by atoms with Crippen molar-refractivity contribution in [1.82, 2.24) is 25.1 Å². The Kier molecular flexibility index (Phi) is 6.42. The summed E-state index contributed by atoms with van der Waals surface area (Å²) in [6.45, 7) is 3.67. The smallest absolute Gasteiger partial charge is 0.265 e. The lowest BCUT2D eigenvalue weighted by atomic mass is 10.2. The molecule has 2 aromatic heterocycles. The Morgan fingerprint density at radius 3 is 2.86 bits per heavy atom. The van der Waals surface area contributed by atoms with E-state index in [4.69, 9.17) is 4.52 Å². The molecule has 1 amide bonds. The van der Waals surface area contributed by atoms with Crippen LogP contribution in [0.25, 0.3) is 5.95 Å². The predicted molar refractivity (Wildman–Crippen MR) is 113 cm³/mol. The van der Waals surface area contributed by atoms with E-state index in [1.807, 2.05) is 0 Å². The number of aromatic nitrogens is 4. The first kappa shape index (κ1) is 21.1. The first-order valence-corrected chi connectivity index (χ1v) is 11.5.